The first-order valence-electron chi connectivity index (χ1n) is 8.80. The average Bonchev–Trinajstić information content (AvgIpc) is 3.37. The Labute approximate surface area is 162 Å². The van der Waals surface area contributed by atoms with Crippen LogP contribution >= 0.6 is 0 Å². The molecule has 1 unspecified atom stereocenters. The Balaban J connectivity index is 1.55. The summed E-state index contributed by atoms with van der Waals surface area (Å²) >= 11 is 0. The highest BCUT2D eigenvalue weighted by molar-refractivity contribution is 7.88. The van der Waals surface area contributed by atoms with Crippen molar-refractivity contribution in [2.45, 2.75) is 25.6 Å². The van der Waals surface area contributed by atoms with Gasteiger partial charge < -0.3 is 8.94 Å². The normalized spacial score (nSPS) is 13.2. The zero-order valence-electron chi connectivity index (χ0n) is 15.5. The van der Waals surface area contributed by atoms with Crippen LogP contribution < -0.4 is 4.72 Å². The van der Waals surface area contributed by atoms with Crippen molar-refractivity contribution in [1.29, 1.82) is 0 Å². The van der Waals surface area contributed by atoms with E-state index < -0.39 is 16.1 Å². The van der Waals surface area contributed by atoms with Crippen molar-refractivity contribution in [2.24, 2.45) is 0 Å². The van der Waals surface area contributed by atoms with Crippen LogP contribution in [0.2, 0.25) is 0 Å². The molecule has 1 aromatic carbocycles. The van der Waals surface area contributed by atoms with Gasteiger partial charge in [-0.05, 0) is 44.2 Å². The molecule has 0 bridgehead atoms. The lowest BCUT2D eigenvalue weighted by molar-refractivity contribution is 0.396. The van der Waals surface area contributed by atoms with E-state index in [-0.39, 0.29) is 12.3 Å². The second-order valence-corrected chi connectivity index (χ2v) is 8.44. The van der Waals surface area contributed by atoms with Crippen molar-refractivity contribution >= 4 is 21.0 Å². The lowest BCUT2D eigenvalue weighted by atomic mass is 10.2. The number of aryl methyl sites for hydroxylation is 2. The van der Waals surface area contributed by atoms with E-state index in [2.05, 4.69) is 15.0 Å². The summed E-state index contributed by atoms with van der Waals surface area (Å²) in [4.78, 5) is 0. The first kappa shape index (κ1) is 18.5. The van der Waals surface area contributed by atoms with E-state index in [1.54, 1.807) is 35.2 Å². The standard InChI is InChI=1S/C19H20N4O4S/c1-13-10-14(2)23(21-13)17(19-8-5-9-26-19)11-20-28(24,25)12-16-15-6-3-4-7-18(15)27-22-16/h3-10,17,20H,11-12H2,1-2H3. The highest BCUT2D eigenvalue weighted by Crippen LogP contribution is 2.22. The Morgan fingerprint density at radius 2 is 2.00 bits per heavy atom. The van der Waals surface area contributed by atoms with Crippen molar-refractivity contribution in [3.8, 4) is 0 Å². The minimum Gasteiger partial charge on any atom is -0.467 e. The molecule has 0 aliphatic heterocycles. The van der Waals surface area contributed by atoms with E-state index in [0.29, 0.717) is 22.4 Å². The van der Waals surface area contributed by atoms with Gasteiger partial charge in [0.25, 0.3) is 0 Å². The van der Waals surface area contributed by atoms with Gasteiger partial charge in [0.2, 0.25) is 10.0 Å². The molecular formula is C19H20N4O4S. The average molecular weight is 400 g/mol. The topological polar surface area (TPSA) is 103 Å². The third kappa shape index (κ3) is 3.71. The molecule has 8 nitrogen and oxygen atoms in total. The largest absolute Gasteiger partial charge is 0.467 e. The van der Waals surface area contributed by atoms with Crippen LogP contribution in [-0.2, 0) is 15.8 Å². The first-order chi connectivity index (χ1) is 13.4. The SMILES string of the molecule is Cc1cc(C)n(C(CNS(=O)(=O)Cc2noc3ccccc23)c2ccco2)n1. The monoisotopic (exact) mass is 400 g/mol. The zero-order valence-corrected chi connectivity index (χ0v) is 16.3. The Bertz CT molecular complexity index is 1190. The quantitative estimate of drug-likeness (QED) is 0.512. The molecule has 28 heavy (non-hydrogen) atoms. The van der Waals surface area contributed by atoms with Crippen LogP contribution in [0.1, 0.15) is 28.9 Å². The molecule has 0 spiro atoms. The Morgan fingerprint density at radius 3 is 2.71 bits per heavy atom. The second-order valence-electron chi connectivity index (χ2n) is 6.64. The number of nitrogens with zero attached hydrogens (tertiary/aromatic N) is 3. The molecule has 3 heterocycles. The van der Waals surface area contributed by atoms with Crippen LogP contribution in [0.4, 0.5) is 0 Å². The summed E-state index contributed by atoms with van der Waals surface area (Å²) in [5.41, 5.74) is 2.71. The van der Waals surface area contributed by atoms with Crippen molar-refractivity contribution in [3.63, 3.8) is 0 Å². The van der Waals surface area contributed by atoms with Gasteiger partial charge in [0, 0.05) is 17.6 Å². The summed E-state index contributed by atoms with van der Waals surface area (Å²) in [6, 6.07) is 12.3. The molecule has 0 fully saturated rings. The van der Waals surface area contributed by atoms with Gasteiger partial charge in [0.15, 0.2) is 5.58 Å². The van der Waals surface area contributed by atoms with E-state index in [9.17, 15) is 8.42 Å². The van der Waals surface area contributed by atoms with Gasteiger partial charge in [-0.3, -0.25) is 4.68 Å². The first-order valence-corrected chi connectivity index (χ1v) is 10.4. The maximum atomic E-state index is 12.7. The number of benzene rings is 1. The number of hydrogen-bond acceptors (Lipinski definition) is 6. The van der Waals surface area contributed by atoms with Crippen molar-refractivity contribution in [2.75, 3.05) is 6.54 Å². The number of aromatic nitrogens is 3. The van der Waals surface area contributed by atoms with E-state index in [4.69, 9.17) is 8.94 Å². The Hall–Kier alpha value is -2.91. The molecule has 0 aliphatic rings. The fraction of sp³-hybridized carbons (Fsp3) is 0.263. The Kier molecular flexibility index (Phi) is 4.78. The summed E-state index contributed by atoms with van der Waals surface area (Å²) in [7, 11) is -3.65. The molecule has 9 heteroatoms. The molecule has 3 aromatic heterocycles. The van der Waals surface area contributed by atoms with Crippen molar-refractivity contribution < 1.29 is 17.4 Å². The predicted octanol–water partition coefficient (Wildman–Crippen LogP) is 2.94. The molecule has 1 N–H and O–H groups in total. The summed E-state index contributed by atoms with van der Waals surface area (Å²) in [6.07, 6.45) is 1.56. The van der Waals surface area contributed by atoms with E-state index in [1.807, 2.05) is 32.0 Å². The molecule has 0 amide bonds. The van der Waals surface area contributed by atoms with Gasteiger partial charge in [-0.25, -0.2) is 13.1 Å². The molecule has 4 rings (SSSR count). The van der Waals surface area contributed by atoms with Gasteiger partial charge in [-0.1, -0.05) is 17.3 Å². The minimum atomic E-state index is -3.65. The van der Waals surface area contributed by atoms with Gasteiger partial charge in [0.05, 0.1) is 12.0 Å². The summed E-state index contributed by atoms with van der Waals surface area (Å²) in [5.74, 6) is 0.354. The lowest BCUT2D eigenvalue weighted by Gasteiger charge is -2.18. The highest BCUT2D eigenvalue weighted by Gasteiger charge is 2.24. The van der Waals surface area contributed by atoms with Gasteiger partial charge in [-0.2, -0.15) is 5.10 Å². The summed E-state index contributed by atoms with van der Waals surface area (Å²) < 4.78 is 40.5. The van der Waals surface area contributed by atoms with E-state index >= 15 is 0 Å². The smallest absolute Gasteiger partial charge is 0.217 e. The maximum Gasteiger partial charge on any atom is 0.217 e. The zero-order chi connectivity index (χ0) is 19.7. The van der Waals surface area contributed by atoms with Crippen LogP contribution in [-0.4, -0.2) is 29.9 Å². The maximum absolute atomic E-state index is 12.7. The fourth-order valence-electron chi connectivity index (χ4n) is 3.23. The third-order valence-electron chi connectivity index (χ3n) is 4.49. The van der Waals surface area contributed by atoms with Gasteiger partial charge in [-0.15, -0.1) is 0 Å². The summed E-state index contributed by atoms with van der Waals surface area (Å²) in [6.45, 7) is 3.92. The minimum absolute atomic E-state index is 0.105. The third-order valence-corrected chi connectivity index (χ3v) is 5.75. The highest BCUT2D eigenvalue weighted by atomic mass is 32.2. The van der Waals surface area contributed by atoms with Crippen LogP contribution in [0.3, 0.4) is 0 Å². The number of furan rings is 1. The molecule has 0 radical (unpaired) electrons. The van der Waals surface area contributed by atoms with Crippen LogP contribution in [0.15, 0.2) is 57.7 Å². The predicted molar refractivity (Wildman–Crippen MR) is 103 cm³/mol. The number of nitrogens with one attached hydrogen (secondary N) is 1. The van der Waals surface area contributed by atoms with Gasteiger partial charge in [0.1, 0.15) is 23.2 Å². The van der Waals surface area contributed by atoms with Gasteiger partial charge >= 0.3 is 0 Å². The van der Waals surface area contributed by atoms with Crippen LogP contribution in [0, 0.1) is 13.8 Å². The summed E-state index contributed by atoms with van der Waals surface area (Å²) in [5, 5.41) is 9.07. The second kappa shape index (κ2) is 7.25. The fourth-order valence-corrected chi connectivity index (χ4v) is 4.31. The van der Waals surface area contributed by atoms with Crippen molar-refractivity contribution in [3.05, 3.63) is 71.6 Å². The molecular weight excluding hydrogens is 380 g/mol. The molecule has 0 saturated heterocycles. The van der Waals surface area contributed by atoms with E-state index in [1.165, 1.54) is 0 Å². The molecule has 146 valence electrons. The molecule has 0 saturated carbocycles. The molecule has 0 aliphatic carbocycles. The number of para-hydroxylation sites is 1. The lowest BCUT2D eigenvalue weighted by Crippen LogP contribution is -2.33. The number of fused-ring (bicyclic) bond motifs is 1. The molecule has 1 atom stereocenters. The number of hydrogen-bond donors (Lipinski definition) is 1. The number of sulfonamides is 1. The van der Waals surface area contributed by atoms with Crippen LogP contribution in [0.25, 0.3) is 11.0 Å². The number of rotatable bonds is 7. The van der Waals surface area contributed by atoms with Crippen molar-refractivity contribution in [1.82, 2.24) is 19.7 Å². The van der Waals surface area contributed by atoms with Crippen LogP contribution in [0.5, 0.6) is 0 Å². The molecule has 4 aromatic rings. The Morgan fingerprint density at radius 1 is 1.18 bits per heavy atom. The van der Waals surface area contributed by atoms with E-state index in [0.717, 1.165) is 11.4 Å².